The van der Waals surface area contributed by atoms with Gasteiger partial charge in [-0.2, -0.15) is 8.78 Å². The van der Waals surface area contributed by atoms with Crippen LogP contribution < -0.4 is 14.8 Å². The summed E-state index contributed by atoms with van der Waals surface area (Å²) in [6.45, 7) is -1.79. The first kappa shape index (κ1) is 28.4. The topological polar surface area (TPSA) is 113 Å². The van der Waals surface area contributed by atoms with Crippen LogP contribution in [0.2, 0.25) is 5.02 Å². The van der Waals surface area contributed by atoms with Crippen LogP contribution in [0, 0.1) is 11.8 Å². The number of anilines is 1. The minimum Gasteiger partial charge on any atom is -0.464 e. The summed E-state index contributed by atoms with van der Waals surface area (Å²) in [6.07, 6.45) is 1.32. The largest absolute Gasteiger partial charge is 0.464 e. The van der Waals surface area contributed by atoms with Gasteiger partial charge in [-0.05, 0) is 47.1 Å². The Labute approximate surface area is 236 Å². The van der Waals surface area contributed by atoms with Crippen molar-refractivity contribution >= 4 is 39.9 Å². The average Bonchev–Trinajstić information content (AvgIpc) is 3.38. The van der Waals surface area contributed by atoms with Crippen LogP contribution in [-0.4, -0.2) is 40.3 Å². The van der Waals surface area contributed by atoms with Crippen molar-refractivity contribution in [1.29, 1.82) is 0 Å². The van der Waals surface area contributed by atoms with Crippen molar-refractivity contribution in [2.75, 3.05) is 11.9 Å². The molecular weight excluding hydrogens is 566 g/mol. The van der Waals surface area contributed by atoms with Crippen molar-refractivity contribution < 1.29 is 32.6 Å². The Bertz CT molecular complexity index is 1570. The van der Waals surface area contributed by atoms with Crippen molar-refractivity contribution in [2.24, 2.45) is 0 Å². The van der Waals surface area contributed by atoms with Gasteiger partial charge in [-0.15, -0.1) is 5.10 Å². The van der Waals surface area contributed by atoms with E-state index < -0.39 is 18.5 Å². The number of ether oxygens (including phenoxy) is 3. The predicted octanol–water partition coefficient (Wildman–Crippen LogP) is 5.60. The molecule has 1 amide bonds. The summed E-state index contributed by atoms with van der Waals surface area (Å²) >= 11 is 6.89. The molecule has 4 aromatic rings. The third-order valence-corrected chi connectivity index (χ3v) is 6.01. The normalized spacial score (nSPS) is 10.4. The molecule has 0 bridgehead atoms. The number of hydrogen-bond donors (Lipinski definition) is 1. The highest BCUT2D eigenvalue weighted by atomic mass is 35.5. The maximum atomic E-state index is 13.4. The first-order chi connectivity index (χ1) is 19.3. The second-order valence-electron chi connectivity index (χ2n) is 7.81. The van der Waals surface area contributed by atoms with Gasteiger partial charge in [-0.25, -0.2) is 4.98 Å². The molecule has 204 valence electrons. The van der Waals surface area contributed by atoms with E-state index in [2.05, 4.69) is 37.1 Å². The number of carbonyl (C=O) groups is 2. The lowest BCUT2D eigenvalue weighted by Crippen LogP contribution is -2.14. The second-order valence-corrected chi connectivity index (χ2v) is 9.19. The summed E-state index contributed by atoms with van der Waals surface area (Å²) in [4.78, 5) is 28.5. The molecule has 2 heterocycles. The van der Waals surface area contributed by atoms with Gasteiger partial charge in [0.05, 0.1) is 5.56 Å². The lowest BCUT2D eigenvalue weighted by Gasteiger charge is -2.14. The summed E-state index contributed by atoms with van der Waals surface area (Å²) in [6, 6.07) is 14.5. The lowest BCUT2D eigenvalue weighted by molar-refractivity contribution is -0.139. The van der Waals surface area contributed by atoms with E-state index in [-0.39, 0.29) is 51.7 Å². The second kappa shape index (κ2) is 13.5. The smallest absolute Gasteiger partial charge is 0.387 e. The zero-order chi connectivity index (χ0) is 28.5. The highest BCUT2D eigenvalue weighted by Gasteiger charge is 2.20. The average molecular weight is 585 g/mol. The molecule has 9 nitrogen and oxygen atoms in total. The predicted molar refractivity (Wildman–Crippen MR) is 143 cm³/mol. The van der Waals surface area contributed by atoms with E-state index in [0.717, 1.165) is 16.9 Å². The van der Waals surface area contributed by atoms with Crippen LogP contribution in [0.5, 0.6) is 10.9 Å². The molecule has 4 rings (SSSR count). The molecule has 13 heteroatoms. The maximum absolute atomic E-state index is 13.4. The van der Waals surface area contributed by atoms with Gasteiger partial charge < -0.3 is 14.2 Å². The Kier molecular flexibility index (Phi) is 9.56. The Balaban J connectivity index is 1.59. The Morgan fingerprint density at radius 3 is 2.62 bits per heavy atom. The van der Waals surface area contributed by atoms with Crippen molar-refractivity contribution in [3.8, 4) is 33.9 Å². The molecule has 1 N–H and O–H groups in total. The third kappa shape index (κ3) is 7.95. The van der Waals surface area contributed by atoms with Crippen LogP contribution in [0.15, 0.2) is 60.8 Å². The van der Waals surface area contributed by atoms with E-state index >= 15 is 0 Å². The maximum Gasteiger partial charge on any atom is 0.387 e. The molecule has 0 radical (unpaired) electrons. The van der Waals surface area contributed by atoms with Gasteiger partial charge in [-0.1, -0.05) is 53.0 Å². The van der Waals surface area contributed by atoms with Gasteiger partial charge >= 0.3 is 12.6 Å². The Morgan fingerprint density at radius 2 is 1.88 bits per heavy atom. The highest BCUT2D eigenvalue weighted by Crippen LogP contribution is 2.34. The summed E-state index contributed by atoms with van der Waals surface area (Å²) in [5.74, 6) is 4.05. The SMILES string of the molecule is CC(=O)OCC#Cc1cc(C(=O)Nc2nnc(OCc3ccc(Cl)cc3)s2)c(-c2ccccc2OC(F)F)cn1. The molecular formula is C27H19ClF2N4O5S. The first-order valence-electron chi connectivity index (χ1n) is 11.5. The van der Waals surface area contributed by atoms with Gasteiger partial charge in [0.1, 0.15) is 18.1 Å². The summed E-state index contributed by atoms with van der Waals surface area (Å²) in [7, 11) is 0. The number of para-hydroxylation sites is 1. The van der Waals surface area contributed by atoms with Crippen LogP contribution in [0.1, 0.15) is 28.5 Å². The van der Waals surface area contributed by atoms with Gasteiger partial charge in [0.15, 0.2) is 6.61 Å². The van der Waals surface area contributed by atoms with Crippen LogP contribution in [-0.2, 0) is 16.1 Å². The monoisotopic (exact) mass is 584 g/mol. The van der Waals surface area contributed by atoms with Crippen LogP contribution in [0.4, 0.5) is 13.9 Å². The number of amides is 1. The van der Waals surface area contributed by atoms with Gasteiger partial charge in [-0.3, -0.25) is 14.9 Å². The summed E-state index contributed by atoms with van der Waals surface area (Å²) < 4.78 is 41.2. The molecule has 2 aromatic heterocycles. The summed E-state index contributed by atoms with van der Waals surface area (Å²) in [5.41, 5.74) is 1.51. The lowest BCUT2D eigenvalue weighted by atomic mass is 9.99. The molecule has 0 aliphatic rings. The molecule has 40 heavy (non-hydrogen) atoms. The highest BCUT2D eigenvalue weighted by molar-refractivity contribution is 7.17. The fourth-order valence-corrected chi connectivity index (χ4v) is 4.00. The first-order valence-corrected chi connectivity index (χ1v) is 12.7. The number of esters is 1. The van der Waals surface area contributed by atoms with Crippen molar-refractivity contribution in [3.05, 3.63) is 82.6 Å². The zero-order valence-corrected chi connectivity index (χ0v) is 22.3. The number of hydrogen-bond acceptors (Lipinski definition) is 9. The molecule has 0 aliphatic carbocycles. The van der Waals surface area contributed by atoms with Gasteiger partial charge in [0, 0.05) is 29.3 Å². The van der Waals surface area contributed by atoms with Gasteiger partial charge in [0.2, 0.25) is 5.13 Å². The van der Waals surface area contributed by atoms with Gasteiger partial charge in [0.25, 0.3) is 11.1 Å². The van der Waals surface area contributed by atoms with E-state index in [1.807, 2.05) is 0 Å². The molecule has 0 saturated carbocycles. The molecule has 0 atom stereocenters. The number of halogens is 3. The van der Waals surface area contributed by atoms with Crippen molar-refractivity contribution in [1.82, 2.24) is 15.2 Å². The van der Waals surface area contributed by atoms with Crippen LogP contribution >= 0.6 is 22.9 Å². The number of benzene rings is 2. The van der Waals surface area contributed by atoms with Crippen molar-refractivity contribution in [3.63, 3.8) is 0 Å². The number of alkyl halides is 2. The number of nitrogens with one attached hydrogen (secondary N) is 1. The fraction of sp³-hybridized carbons (Fsp3) is 0.148. The fourth-order valence-electron chi connectivity index (χ4n) is 3.29. The number of aromatic nitrogens is 3. The minimum atomic E-state index is -3.08. The van der Waals surface area contributed by atoms with E-state index in [4.69, 9.17) is 21.1 Å². The van der Waals surface area contributed by atoms with Crippen LogP contribution in [0.3, 0.4) is 0 Å². The molecule has 0 aliphatic heterocycles. The Morgan fingerprint density at radius 1 is 1.10 bits per heavy atom. The third-order valence-electron chi connectivity index (χ3n) is 5.01. The Hall–Kier alpha value is -4.60. The molecule has 0 spiro atoms. The van der Waals surface area contributed by atoms with E-state index in [0.29, 0.717) is 5.02 Å². The quantitative estimate of drug-likeness (QED) is 0.200. The molecule has 0 unspecified atom stereocenters. The zero-order valence-electron chi connectivity index (χ0n) is 20.7. The molecule has 0 saturated heterocycles. The van der Waals surface area contributed by atoms with E-state index in [9.17, 15) is 18.4 Å². The molecule has 0 fully saturated rings. The van der Waals surface area contributed by atoms with E-state index in [1.165, 1.54) is 37.4 Å². The summed E-state index contributed by atoms with van der Waals surface area (Å²) in [5, 5.41) is 11.5. The number of rotatable bonds is 9. The van der Waals surface area contributed by atoms with Crippen molar-refractivity contribution in [2.45, 2.75) is 20.1 Å². The standard InChI is InChI=1S/C27H19ClF2N4O5S/c1-16(35)37-12-4-5-19-13-21(22(14-31-19)20-6-2-3-7-23(20)39-25(29)30)24(36)32-26-33-34-27(40-26)38-15-17-8-10-18(28)11-9-17/h2-3,6-11,13-14,25H,12,15H2,1H3,(H,32,33,36). The van der Waals surface area contributed by atoms with Crippen LogP contribution in [0.25, 0.3) is 11.1 Å². The molecule has 2 aromatic carbocycles. The number of carbonyl (C=O) groups excluding carboxylic acids is 2. The number of pyridine rings is 1. The van der Waals surface area contributed by atoms with E-state index in [1.54, 1.807) is 30.3 Å². The minimum absolute atomic E-state index is 0.0518. The number of nitrogens with zero attached hydrogens (tertiary/aromatic N) is 3.